The van der Waals surface area contributed by atoms with Crippen LogP contribution in [0.15, 0.2) is 46.2 Å². The number of H-pyrrole nitrogens is 1. The van der Waals surface area contributed by atoms with Gasteiger partial charge in [0.05, 0.1) is 17.1 Å². The highest BCUT2D eigenvalue weighted by atomic mass is 32.2. The number of piperidine rings is 1. The highest BCUT2D eigenvalue weighted by Crippen LogP contribution is 2.28. The highest BCUT2D eigenvalue weighted by molar-refractivity contribution is 7.90. The molecule has 1 aliphatic heterocycles. The molecule has 32 heavy (non-hydrogen) atoms. The van der Waals surface area contributed by atoms with E-state index in [9.17, 15) is 18.0 Å². The highest BCUT2D eigenvalue weighted by Gasteiger charge is 2.27. The summed E-state index contributed by atoms with van der Waals surface area (Å²) in [6.07, 6.45) is 3.92. The van der Waals surface area contributed by atoms with Crippen molar-refractivity contribution in [2.45, 2.75) is 44.1 Å². The summed E-state index contributed by atoms with van der Waals surface area (Å²) in [4.78, 5) is 29.3. The molecule has 0 bridgehead atoms. The van der Waals surface area contributed by atoms with Crippen LogP contribution in [-0.4, -0.2) is 55.9 Å². The molecule has 3 rings (SSSR count). The molecular weight excluding hydrogens is 432 g/mol. The number of benzene rings is 1. The molecule has 174 valence electrons. The Hall–Kier alpha value is -2.81. The van der Waals surface area contributed by atoms with Gasteiger partial charge in [0.1, 0.15) is 11.4 Å². The maximum atomic E-state index is 12.5. The number of carbonyl (C=O) groups excluding carboxylic acids is 1. The first kappa shape index (κ1) is 23.8. The normalized spacial score (nSPS) is 15.4. The second-order valence-corrected chi connectivity index (χ2v) is 11.1. The number of carbonyl (C=O) groups is 1. The quantitative estimate of drug-likeness (QED) is 0.729. The second-order valence-electron chi connectivity index (χ2n) is 9.06. The Labute approximate surface area is 188 Å². The molecule has 8 nitrogen and oxygen atoms in total. The molecule has 2 heterocycles. The average molecular weight is 463 g/mol. The Morgan fingerprint density at radius 2 is 1.75 bits per heavy atom. The molecule has 2 aromatic rings. The molecule has 1 aromatic heterocycles. The second kappa shape index (κ2) is 9.36. The van der Waals surface area contributed by atoms with Gasteiger partial charge in [-0.25, -0.2) is 13.2 Å². The molecule has 1 aromatic carbocycles. The third-order valence-electron chi connectivity index (χ3n) is 5.23. The fraction of sp³-hybridized carbons (Fsp3) is 0.478. The smallest absolute Gasteiger partial charge is 0.410 e. The van der Waals surface area contributed by atoms with E-state index in [0.717, 1.165) is 19.1 Å². The van der Waals surface area contributed by atoms with Crippen LogP contribution in [0.5, 0.6) is 5.75 Å². The van der Waals surface area contributed by atoms with Crippen LogP contribution in [0.25, 0.3) is 11.1 Å². The van der Waals surface area contributed by atoms with Crippen molar-refractivity contribution < 1.29 is 22.7 Å². The van der Waals surface area contributed by atoms with Crippen LogP contribution in [0.4, 0.5) is 4.79 Å². The summed E-state index contributed by atoms with van der Waals surface area (Å²) in [7, 11) is -3.32. The number of nitrogens with zero attached hydrogens (tertiary/aromatic N) is 1. The molecule has 0 radical (unpaired) electrons. The Bertz CT molecular complexity index is 1110. The molecular formula is C23H30N2O6S. The van der Waals surface area contributed by atoms with Crippen molar-refractivity contribution >= 4 is 15.9 Å². The van der Waals surface area contributed by atoms with E-state index in [0.29, 0.717) is 36.6 Å². The Morgan fingerprint density at radius 1 is 1.12 bits per heavy atom. The number of likely N-dealkylation sites (tertiary alicyclic amines) is 1. The summed E-state index contributed by atoms with van der Waals surface area (Å²) < 4.78 is 34.8. The molecule has 1 aliphatic rings. The van der Waals surface area contributed by atoms with Gasteiger partial charge in [-0.05, 0) is 63.3 Å². The minimum absolute atomic E-state index is 0.188. The van der Waals surface area contributed by atoms with Crippen LogP contribution < -0.4 is 10.3 Å². The molecule has 0 atom stereocenters. The summed E-state index contributed by atoms with van der Waals surface area (Å²) in [5.41, 5.74) is 0.106. The van der Waals surface area contributed by atoms with Gasteiger partial charge in [-0.2, -0.15) is 0 Å². The lowest BCUT2D eigenvalue weighted by Crippen LogP contribution is -2.42. The van der Waals surface area contributed by atoms with Crippen molar-refractivity contribution in [2.24, 2.45) is 5.92 Å². The van der Waals surface area contributed by atoms with Crippen LogP contribution in [0.3, 0.4) is 0 Å². The predicted octanol–water partition coefficient (Wildman–Crippen LogP) is 3.47. The minimum Gasteiger partial charge on any atom is -0.492 e. The van der Waals surface area contributed by atoms with E-state index in [2.05, 4.69) is 4.98 Å². The summed E-state index contributed by atoms with van der Waals surface area (Å²) in [5, 5.41) is 0. The van der Waals surface area contributed by atoms with Gasteiger partial charge in [0.2, 0.25) is 0 Å². The van der Waals surface area contributed by atoms with Crippen LogP contribution in [0.1, 0.15) is 33.6 Å². The first-order valence-electron chi connectivity index (χ1n) is 10.6. The Kier molecular flexibility index (Phi) is 6.97. The van der Waals surface area contributed by atoms with Crippen molar-refractivity contribution in [3.63, 3.8) is 0 Å². The maximum Gasteiger partial charge on any atom is 0.410 e. The lowest BCUT2D eigenvalue weighted by atomic mass is 9.98. The molecule has 0 saturated carbocycles. The third kappa shape index (κ3) is 6.12. The van der Waals surface area contributed by atoms with E-state index in [1.807, 2.05) is 20.8 Å². The SMILES string of the molecule is CC(C)(C)OC(=O)N1CCC(COc2cc[nH]c(=O)c2-c2ccc(S(C)(=O)=O)cc2)CC1. The monoisotopic (exact) mass is 462 g/mol. The number of nitrogens with one attached hydrogen (secondary N) is 1. The summed E-state index contributed by atoms with van der Waals surface area (Å²) in [5.74, 6) is 0.684. The van der Waals surface area contributed by atoms with Gasteiger partial charge in [0.25, 0.3) is 5.56 Å². The fourth-order valence-electron chi connectivity index (χ4n) is 3.54. The van der Waals surface area contributed by atoms with Gasteiger partial charge in [-0.3, -0.25) is 4.79 Å². The zero-order chi connectivity index (χ0) is 23.5. The Morgan fingerprint density at radius 3 is 2.31 bits per heavy atom. The number of pyridine rings is 1. The fourth-order valence-corrected chi connectivity index (χ4v) is 4.17. The van der Waals surface area contributed by atoms with E-state index in [4.69, 9.17) is 9.47 Å². The largest absolute Gasteiger partial charge is 0.492 e. The number of aromatic amines is 1. The van der Waals surface area contributed by atoms with Crippen LogP contribution >= 0.6 is 0 Å². The van der Waals surface area contributed by atoms with Crippen LogP contribution in [-0.2, 0) is 14.6 Å². The first-order valence-corrected chi connectivity index (χ1v) is 12.5. The van der Waals surface area contributed by atoms with Crippen molar-refractivity contribution in [2.75, 3.05) is 26.0 Å². The van der Waals surface area contributed by atoms with Gasteiger partial charge in [-0.1, -0.05) is 12.1 Å². The summed E-state index contributed by atoms with van der Waals surface area (Å²) >= 11 is 0. The molecule has 1 fully saturated rings. The van der Waals surface area contributed by atoms with Crippen molar-refractivity contribution in [1.29, 1.82) is 0 Å². The van der Waals surface area contributed by atoms with Gasteiger partial charge in [0, 0.05) is 25.5 Å². The molecule has 9 heteroatoms. The maximum absolute atomic E-state index is 12.5. The van der Waals surface area contributed by atoms with E-state index in [-0.39, 0.29) is 22.5 Å². The topological polar surface area (TPSA) is 106 Å². The Balaban J connectivity index is 1.65. The molecule has 1 amide bonds. The van der Waals surface area contributed by atoms with Crippen molar-refractivity contribution in [3.05, 3.63) is 46.9 Å². The molecule has 0 unspecified atom stereocenters. The third-order valence-corrected chi connectivity index (χ3v) is 6.36. The standard InChI is InChI=1S/C23H30N2O6S/c1-23(2,3)31-22(27)25-13-10-16(11-14-25)15-30-19-9-12-24-21(26)20(19)17-5-7-18(8-6-17)32(4,28)29/h5-9,12,16H,10-11,13-15H2,1-4H3,(H,24,26). The van der Waals surface area contributed by atoms with E-state index < -0.39 is 15.4 Å². The number of sulfone groups is 1. The summed E-state index contributed by atoms with van der Waals surface area (Å²) in [6, 6.07) is 7.86. The van der Waals surface area contributed by atoms with Gasteiger partial charge in [0.15, 0.2) is 9.84 Å². The zero-order valence-corrected chi connectivity index (χ0v) is 19.7. The number of ether oxygens (including phenoxy) is 2. The van der Waals surface area contributed by atoms with E-state index in [1.54, 1.807) is 23.1 Å². The van der Waals surface area contributed by atoms with Gasteiger partial charge in [-0.15, -0.1) is 0 Å². The zero-order valence-electron chi connectivity index (χ0n) is 18.9. The van der Waals surface area contributed by atoms with Crippen LogP contribution in [0, 0.1) is 5.92 Å². The van der Waals surface area contributed by atoms with Crippen molar-refractivity contribution in [3.8, 4) is 16.9 Å². The van der Waals surface area contributed by atoms with Gasteiger partial charge >= 0.3 is 6.09 Å². The van der Waals surface area contributed by atoms with Crippen LogP contribution in [0.2, 0.25) is 0 Å². The first-order chi connectivity index (χ1) is 14.9. The molecule has 0 spiro atoms. The van der Waals surface area contributed by atoms with E-state index >= 15 is 0 Å². The number of hydrogen-bond acceptors (Lipinski definition) is 6. The molecule has 1 saturated heterocycles. The van der Waals surface area contributed by atoms with E-state index in [1.165, 1.54) is 18.3 Å². The average Bonchev–Trinajstić information content (AvgIpc) is 2.71. The lowest BCUT2D eigenvalue weighted by molar-refractivity contribution is 0.0165. The predicted molar refractivity (Wildman–Crippen MR) is 122 cm³/mol. The number of aromatic nitrogens is 1. The summed E-state index contributed by atoms with van der Waals surface area (Å²) in [6.45, 7) is 7.15. The number of hydrogen-bond donors (Lipinski definition) is 1. The van der Waals surface area contributed by atoms with Gasteiger partial charge < -0.3 is 19.4 Å². The molecule has 0 aliphatic carbocycles. The number of rotatable bonds is 5. The lowest BCUT2D eigenvalue weighted by Gasteiger charge is -2.33. The molecule has 1 N–H and O–H groups in total. The number of amides is 1. The minimum atomic E-state index is -3.32. The van der Waals surface area contributed by atoms with Crippen molar-refractivity contribution in [1.82, 2.24) is 9.88 Å².